The lowest BCUT2D eigenvalue weighted by molar-refractivity contribution is 0.619. The summed E-state index contributed by atoms with van der Waals surface area (Å²) in [4.78, 5) is 12.9. The van der Waals surface area contributed by atoms with E-state index in [1.54, 1.807) is 12.4 Å². The highest BCUT2D eigenvalue weighted by Crippen LogP contribution is 2.23. The Hall–Kier alpha value is -2.21. The fraction of sp³-hybridized carbons (Fsp3) is 0.333. The quantitative estimate of drug-likeness (QED) is 0.925. The number of anilines is 2. The van der Waals surface area contributed by atoms with Crippen LogP contribution in [0, 0.1) is 5.82 Å². The molecule has 2 heterocycles. The van der Waals surface area contributed by atoms with Crippen molar-refractivity contribution in [1.82, 2.24) is 9.97 Å². The van der Waals surface area contributed by atoms with E-state index in [4.69, 9.17) is 5.73 Å². The molecule has 0 bridgehead atoms. The standard InChI is InChI=1S/C15H18FN5/c16-13-2-3-14(12(10-13)11-17)20-6-8-21(9-7-20)15-18-4-1-5-19-15/h1-5,10H,6-9,11,17H2. The highest BCUT2D eigenvalue weighted by Gasteiger charge is 2.20. The average Bonchev–Trinajstić information content (AvgIpc) is 2.56. The zero-order valence-electron chi connectivity index (χ0n) is 11.7. The van der Waals surface area contributed by atoms with Crippen LogP contribution in [0.15, 0.2) is 36.7 Å². The Bertz CT molecular complexity index is 596. The first kappa shape index (κ1) is 13.8. The van der Waals surface area contributed by atoms with E-state index in [0.717, 1.165) is 43.4 Å². The van der Waals surface area contributed by atoms with Crippen molar-refractivity contribution in [2.45, 2.75) is 6.54 Å². The van der Waals surface area contributed by atoms with Crippen LogP contribution in [0.1, 0.15) is 5.56 Å². The van der Waals surface area contributed by atoms with E-state index in [0.29, 0.717) is 6.54 Å². The molecule has 21 heavy (non-hydrogen) atoms. The van der Waals surface area contributed by atoms with Crippen LogP contribution in [0.2, 0.25) is 0 Å². The van der Waals surface area contributed by atoms with Gasteiger partial charge in [-0.15, -0.1) is 0 Å². The molecular formula is C15H18FN5. The Labute approximate surface area is 123 Å². The Morgan fingerprint density at radius 2 is 1.71 bits per heavy atom. The molecule has 2 N–H and O–H groups in total. The SMILES string of the molecule is NCc1cc(F)ccc1N1CCN(c2ncccn2)CC1. The Morgan fingerprint density at radius 3 is 2.38 bits per heavy atom. The third-order valence-corrected chi connectivity index (χ3v) is 3.72. The van der Waals surface area contributed by atoms with Crippen molar-refractivity contribution in [2.24, 2.45) is 5.73 Å². The van der Waals surface area contributed by atoms with E-state index in [9.17, 15) is 4.39 Å². The smallest absolute Gasteiger partial charge is 0.225 e. The van der Waals surface area contributed by atoms with Crippen molar-refractivity contribution in [1.29, 1.82) is 0 Å². The van der Waals surface area contributed by atoms with Crippen LogP contribution in [-0.2, 0) is 6.54 Å². The molecule has 0 unspecified atom stereocenters. The number of benzene rings is 1. The summed E-state index contributed by atoms with van der Waals surface area (Å²) in [6.45, 7) is 3.71. The molecule has 3 rings (SSSR count). The molecule has 0 spiro atoms. The minimum atomic E-state index is -0.240. The molecule has 110 valence electrons. The monoisotopic (exact) mass is 287 g/mol. The second-order valence-corrected chi connectivity index (χ2v) is 5.00. The molecule has 2 aromatic rings. The minimum absolute atomic E-state index is 0.240. The van der Waals surface area contributed by atoms with Crippen LogP contribution in [0.3, 0.4) is 0 Å². The first-order valence-electron chi connectivity index (χ1n) is 7.03. The fourth-order valence-electron chi connectivity index (χ4n) is 2.63. The highest BCUT2D eigenvalue weighted by molar-refractivity contribution is 5.55. The van der Waals surface area contributed by atoms with Gasteiger partial charge in [-0.3, -0.25) is 0 Å². The number of piperazine rings is 1. The van der Waals surface area contributed by atoms with Crippen molar-refractivity contribution in [3.05, 3.63) is 48.0 Å². The maximum atomic E-state index is 13.3. The molecule has 0 atom stereocenters. The van der Waals surface area contributed by atoms with Gasteiger partial charge in [0.05, 0.1) is 0 Å². The van der Waals surface area contributed by atoms with Gasteiger partial charge in [0.25, 0.3) is 0 Å². The fourth-order valence-corrected chi connectivity index (χ4v) is 2.63. The van der Waals surface area contributed by atoms with Crippen molar-refractivity contribution < 1.29 is 4.39 Å². The number of rotatable bonds is 3. The van der Waals surface area contributed by atoms with Crippen LogP contribution in [0.4, 0.5) is 16.0 Å². The molecule has 1 aromatic carbocycles. The van der Waals surface area contributed by atoms with Crippen LogP contribution in [0.25, 0.3) is 0 Å². The highest BCUT2D eigenvalue weighted by atomic mass is 19.1. The molecular weight excluding hydrogens is 269 g/mol. The second-order valence-electron chi connectivity index (χ2n) is 5.00. The molecule has 0 radical (unpaired) electrons. The molecule has 6 heteroatoms. The first-order valence-corrected chi connectivity index (χ1v) is 7.03. The van der Waals surface area contributed by atoms with E-state index in [1.807, 2.05) is 12.1 Å². The van der Waals surface area contributed by atoms with Gasteiger partial charge < -0.3 is 15.5 Å². The number of halogens is 1. The summed E-state index contributed by atoms with van der Waals surface area (Å²) in [6.07, 6.45) is 3.50. The molecule has 1 aromatic heterocycles. The van der Waals surface area contributed by atoms with Gasteiger partial charge in [0, 0.05) is 50.8 Å². The molecule has 0 saturated carbocycles. The summed E-state index contributed by atoms with van der Waals surface area (Å²) in [7, 11) is 0. The predicted molar refractivity (Wildman–Crippen MR) is 80.7 cm³/mol. The van der Waals surface area contributed by atoms with Gasteiger partial charge in [-0.25, -0.2) is 14.4 Å². The number of nitrogens with zero attached hydrogens (tertiary/aromatic N) is 4. The van der Waals surface area contributed by atoms with Crippen molar-refractivity contribution in [3.8, 4) is 0 Å². The third-order valence-electron chi connectivity index (χ3n) is 3.72. The summed E-state index contributed by atoms with van der Waals surface area (Å²) in [5, 5.41) is 0. The van der Waals surface area contributed by atoms with Crippen molar-refractivity contribution in [2.75, 3.05) is 36.0 Å². The van der Waals surface area contributed by atoms with Gasteiger partial charge in [0.1, 0.15) is 5.82 Å². The molecule has 1 aliphatic rings. The molecule has 1 fully saturated rings. The molecule has 1 aliphatic heterocycles. The van der Waals surface area contributed by atoms with E-state index in [2.05, 4.69) is 19.8 Å². The summed E-state index contributed by atoms with van der Waals surface area (Å²) < 4.78 is 13.3. The largest absolute Gasteiger partial charge is 0.368 e. The van der Waals surface area contributed by atoms with Gasteiger partial charge in [-0.1, -0.05) is 0 Å². The molecule has 5 nitrogen and oxygen atoms in total. The molecule has 1 saturated heterocycles. The van der Waals surface area contributed by atoms with Gasteiger partial charge in [0.2, 0.25) is 5.95 Å². The van der Waals surface area contributed by atoms with Crippen LogP contribution >= 0.6 is 0 Å². The van der Waals surface area contributed by atoms with E-state index in [-0.39, 0.29) is 5.82 Å². The second kappa shape index (κ2) is 6.05. The number of aromatic nitrogens is 2. The van der Waals surface area contributed by atoms with E-state index in [1.165, 1.54) is 12.1 Å². The van der Waals surface area contributed by atoms with Crippen LogP contribution in [0.5, 0.6) is 0 Å². The van der Waals surface area contributed by atoms with Gasteiger partial charge in [0.15, 0.2) is 0 Å². The number of hydrogen-bond acceptors (Lipinski definition) is 5. The van der Waals surface area contributed by atoms with Gasteiger partial charge >= 0.3 is 0 Å². The zero-order chi connectivity index (χ0) is 14.7. The third kappa shape index (κ3) is 2.95. The maximum Gasteiger partial charge on any atom is 0.225 e. The van der Waals surface area contributed by atoms with Crippen LogP contribution < -0.4 is 15.5 Å². The lowest BCUT2D eigenvalue weighted by Gasteiger charge is -2.36. The zero-order valence-corrected chi connectivity index (χ0v) is 11.7. The maximum absolute atomic E-state index is 13.3. The molecule has 0 amide bonds. The summed E-state index contributed by atoms with van der Waals surface area (Å²) in [5.41, 5.74) is 7.59. The Morgan fingerprint density at radius 1 is 1.05 bits per heavy atom. The number of nitrogens with two attached hydrogens (primary N) is 1. The lowest BCUT2D eigenvalue weighted by atomic mass is 10.1. The first-order chi connectivity index (χ1) is 10.3. The average molecular weight is 287 g/mol. The van der Waals surface area contributed by atoms with Crippen molar-refractivity contribution in [3.63, 3.8) is 0 Å². The van der Waals surface area contributed by atoms with Gasteiger partial charge in [-0.05, 0) is 29.8 Å². The molecule has 0 aliphatic carbocycles. The normalized spacial score (nSPS) is 15.3. The topological polar surface area (TPSA) is 58.3 Å². The summed E-state index contributed by atoms with van der Waals surface area (Å²) in [5.74, 6) is 0.519. The van der Waals surface area contributed by atoms with Crippen molar-refractivity contribution >= 4 is 11.6 Å². The van der Waals surface area contributed by atoms with Gasteiger partial charge in [-0.2, -0.15) is 0 Å². The van der Waals surface area contributed by atoms with E-state index < -0.39 is 0 Å². The predicted octanol–water partition coefficient (Wildman–Crippen LogP) is 1.40. The minimum Gasteiger partial charge on any atom is -0.368 e. The summed E-state index contributed by atoms with van der Waals surface area (Å²) >= 11 is 0. The Balaban J connectivity index is 1.71. The lowest BCUT2D eigenvalue weighted by Crippen LogP contribution is -2.47. The summed E-state index contributed by atoms with van der Waals surface area (Å²) in [6, 6.07) is 6.63. The Kier molecular flexibility index (Phi) is 3.96. The van der Waals surface area contributed by atoms with E-state index >= 15 is 0 Å². The van der Waals surface area contributed by atoms with Crippen LogP contribution in [-0.4, -0.2) is 36.1 Å². The number of hydrogen-bond donors (Lipinski definition) is 1.